The smallest absolute Gasteiger partial charge is 0.534 e. The number of carboxylic acids is 1. The van der Waals surface area contributed by atoms with Crippen molar-refractivity contribution in [2.75, 3.05) is 13.1 Å². The minimum atomic E-state index is -1.26. The number of carbonyl (C=O) groups excluding carboxylic acids is 1. The molecule has 29 heavy (non-hydrogen) atoms. The van der Waals surface area contributed by atoms with Crippen molar-refractivity contribution >= 4 is 19.0 Å². The van der Waals surface area contributed by atoms with Crippen molar-refractivity contribution in [1.82, 2.24) is 10.6 Å². The number of hydrogen-bond donors (Lipinski definition) is 4. The molecule has 1 heterocycles. The number of aromatic carboxylic acids is 1. The van der Waals surface area contributed by atoms with Gasteiger partial charge in [0.15, 0.2) is 0 Å². The van der Waals surface area contributed by atoms with E-state index in [1.54, 1.807) is 12.1 Å². The van der Waals surface area contributed by atoms with Gasteiger partial charge in [-0.3, -0.25) is 4.79 Å². The molecule has 0 saturated heterocycles. The van der Waals surface area contributed by atoms with Crippen molar-refractivity contribution in [3.8, 4) is 5.75 Å². The van der Waals surface area contributed by atoms with Crippen LogP contribution in [0, 0.1) is 11.8 Å². The summed E-state index contributed by atoms with van der Waals surface area (Å²) in [5.41, 5.74) is 0.705. The molecule has 1 aromatic carbocycles. The van der Waals surface area contributed by atoms with Crippen LogP contribution in [-0.4, -0.2) is 48.2 Å². The third kappa shape index (κ3) is 5.73. The van der Waals surface area contributed by atoms with E-state index in [4.69, 9.17) is 4.65 Å². The molecule has 3 rings (SSSR count). The van der Waals surface area contributed by atoms with Crippen molar-refractivity contribution in [1.29, 1.82) is 0 Å². The van der Waals surface area contributed by atoms with E-state index in [-0.39, 0.29) is 17.2 Å². The molecule has 0 radical (unpaired) electrons. The Morgan fingerprint density at radius 1 is 1.28 bits per heavy atom. The fraction of sp³-hybridized carbons (Fsp3) is 0.619. The Labute approximate surface area is 172 Å². The summed E-state index contributed by atoms with van der Waals surface area (Å²) in [5.74, 6) is -0.584. The number of benzene rings is 1. The summed E-state index contributed by atoms with van der Waals surface area (Å²) < 4.78 is 5.45. The highest BCUT2D eigenvalue weighted by Gasteiger charge is 2.38. The number of hydrogen-bond acceptors (Lipinski definition) is 5. The highest BCUT2D eigenvalue weighted by molar-refractivity contribution is 6.47. The third-order valence-electron chi connectivity index (χ3n) is 5.92. The normalized spacial score (nSPS) is 23.8. The molecule has 7 nitrogen and oxygen atoms in total. The van der Waals surface area contributed by atoms with Crippen LogP contribution in [0.15, 0.2) is 18.2 Å². The van der Waals surface area contributed by atoms with Gasteiger partial charge in [-0.25, -0.2) is 4.79 Å². The molecule has 1 amide bonds. The lowest BCUT2D eigenvalue weighted by atomic mass is 9.72. The summed E-state index contributed by atoms with van der Waals surface area (Å²) in [6.07, 6.45) is 6.41. The van der Waals surface area contributed by atoms with Gasteiger partial charge in [-0.05, 0) is 68.7 Å². The summed E-state index contributed by atoms with van der Waals surface area (Å²) >= 11 is 0. The molecule has 3 atom stereocenters. The van der Waals surface area contributed by atoms with E-state index in [2.05, 4.69) is 17.6 Å². The van der Waals surface area contributed by atoms with Crippen LogP contribution in [0.25, 0.3) is 0 Å². The SMILES string of the molecule is CCCNCC1CCCC(CC(=O)NC2Cc3cccc(C(=O)O)c3OB2O)C1. The fourth-order valence-corrected chi connectivity index (χ4v) is 4.50. The molecule has 8 heteroatoms. The van der Waals surface area contributed by atoms with Crippen LogP contribution in [0.1, 0.15) is 61.4 Å². The molecule has 4 N–H and O–H groups in total. The summed E-state index contributed by atoms with van der Waals surface area (Å²) in [6.45, 7) is 4.21. The van der Waals surface area contributed by atoms with E-state index >= 15 is 0 Å². The lowest BCUT2D eigenvalue weighted by molar-refractivity contribution is -0.122. The number of nitrogens with one attached hydrogen (secondary N) is 2. The first-order valence-electron chi connectivity index (χ1n) is 10.7. The number of carboxylic acid groups (broad SMARTS) is 1. The van der Waals surface area contributed by atoms with E-state index in [0.717, 1.165) is 38.8 Å². The van der Waals surface area contributed by atoms with Crippen LogP contribution in [0.3, 0.4) is 0 Å². The fourth-order valence-electron chi connectivity index (χ4n) is 4.50. The Morgan fingerprint density at radius 2 is 2.07 bits per heavy atom. The number of fused-ring (bicyclic) bond motifs is 1. The Hall–Kier alpha value is -2.06. The summed E-state index contributed by atoms with van der Waals surface area (Å²) in [4.78, 5) is 23.9. The summed E-state index contributed by atoms with van der Waals surface area (Å²) in [7, 11) is -1.26. The van der Waals surface area contributed by atoms with Gasteiger partial charge in [0, 0.05) is 6.42 Å². The van der Waals surface area contributed by atoms with Gasteiger partial charge in [0.2, 0.25) is 5.91 Å². The molecule has 1 aliphatic heterocycles. The molecule has 2 aliphatic rings. The Kier molecular flexibility index (Phi) is 7.55. The monoisotopic (exact) mass is 402 g/mol. The zero-order valence-corrected chi connectivity index (χ0v) is 17.0. The second-order valence-electron chi connectivity index (χ2n) is 8.29. The minimum Gasteiger partial charge on any atom is -0.534 e. The van der Waals surface area contributed by atoms with Crippen LogP contribution < -0.4 is 15.3 Å². The molecule has 158 valence electrons. The molecule has 0 aromatic heterocycles. The van der Waals surface area contributed by atoms with Gasteiger partial charge in [-0.2, -0.15) is 0 Å². The highest BCUT2D eigenvalue weighted by atomic mass is 16.5. The molecule has 1 aliphatic carbocycles. The predicted octanol–water partition coefficient (Wildman–Crippen LogP) is 2.02. The van der Waals surface area contributed by atoms with Crippen LogP contribution in [-0.2, 0) is 11.2 Å². The van der Waals surface area contributed by atoms with Gasteiger partial charge in [0.1, 0.15) is 5.75 Å². The van der Waals surface area contributed by atoms with E-state index < -0.39 is 19.0 Å². The molecule has 3 unspecified atom stereocenters. The van der Waals surface area contributed by atoms with E-state index in [9.17, 15) is 19.7 Å². The second kappa shape index (κ2) is 10.1. The highest BCUT2D eigenvalue weighted by Crippen LogP contribution is 2.32. The lowest BCUT2D eigenvalue weighted by Gasteiger charge is -2.31. The van der Waals surface area contributed by atoms with E-state index in [0.29, 0.717) is 30.2 Å². The number of carbonyl (C=O) groups is 2. The topological polar surface area (TPSA) is 108 Å². The van der Waals surface area contributed by atoms with Crippen molar-refractivity contribution in [2.24, 2.45) is 11.8 Å². The van der Waals surface area contributed by atoms with Crippen LogP contribution >= 0.6 is 0 Å². The quantitative estimate of drug-likeness (QED) is 0.392. The zero-order chi connectivity index (χ0) is 20.8. The number of rotatable bonds is 8. The molecular formula is C21H31BN2O5. The largest absolute Gasteiger partial charge is 0.547 e. The Balaban J connectivity index is 1.53. The van der Waals surface area contributed by atoms with Crippen molar-refractivity contribution in [3.63, 3.8) is 0 Å². The van der Waals surface area contributed by atoms with Gasteiger partial charge in [0.05, 0.1) is 11.5 Å². The van der Waals surface area contributed by atoms with Crippen LogP contribution in [0.2, 0.25) is 0 Å². The standard InChI is InChI=1S/C21H31BN2O5/c1-2-9-23-13-15-6-3-5-14(10-15)11-19(25)24-18-12-16-7-4-8-17(21(26)27)20(16)29-22(18)28/h4,7-8,14-15,18,23,28H,2-3,5-6,9-13H2,1H3,(H,24,25)(H,26,27). The zero-order valence-electron chi connectivity index (χ0n) is 17.0. The first-order valence-corrected chi connectivity index (χ1v) is 10.7. The molecule has 0 bridgehead atoms. The van der Waals surface area contributed by atoms with Gasteiger partial charge < -0.3 is 25.4 Å². The maximum absolute atomic E-state index is 12.6. The average Bonchev–Trinajstić information content (AvgIpc) is 2.68. The Morgan fingerprint density at radius 3 is 2.83 bits per heavy atom. The van der Waals surface area contributed by atoms with Crippen molar-refractivity contribution < 1.29 is 24.4 Å². The molecular weight excluding hydrogens is 371 g/mol. The molecule has 1 fully saturated rings. The van der Waals surface area contributed by atoms with Crippen LogP contribution in [0.4, 0.5) is 0 Å². The van der Waals surface area contributed by atoms with Crippen LogP contribution in [0.5, 0.6) is 5.75 Å². The maximum Gasteiger partial charge on any atom is 0.547 e. The Bertz CT molecular complexity index is 729. The summed E-state index contributed by atoms with van der Waals surface area (Å²) in [5, 5.41) is 26.0. The van der Waals surface area contributed by atoms with Gasteiger partial charge in [-0.1, -0.05) is 25.5 Å². The number of amides is 1. The average molecular weight is 402 g/mol. The van der Waals surface area contributed by atoms with Gasteiger partial charge >= 0.3 is 13.1 Å². The molecule has 1 aromatic rings. The minimum absolute atomic E-state index is 0.0243. The maximum atomic E-state index is 12.6. The van der Waals surface area contributed by atoms with Crippen molar-refractivity contribution in [2.45, 2.75) is 57.8 Å². The van der Waals surface area contributed by atoms with E-state index in [1.165, 1.54) is 12.5 Å². The van der Waals surface area contributed by atoms with Crippen molar-refractivity contribution in [3.05, 3.63) is 29.3 Å². The molecule has 1 saturated carbocycles. The second-order valence-corrected chi connectivity index (χ2v) is 8.29. The molecule has 0 spiro atoms. The first kappa shape index (κ1) is 21.6. The summed E-state index contributed by atoms with van der Waals surface area (Å²) in [6, 6.07) is 4.86. The third-order valence-corrected chi connectivity index (χ3v) is 5.92. The van der Waals surface area contributed by atoms with Gasteiger partial charge in [-0.15, -0.1) is 0 Å². The first-order chi connectivity index (χ1) is 14.0. The van der Waals surface area contributed by atoms with E-state index in [1.807, 2.05) is 0 Å². The van der Waals surface area contributed by atoms with Gasteiger partial charge in [0.25, 0.3) is 0 Å². The number of para-hydroxylation sites is 1. The lowest BCUT2D eigenvalue weighted by Crippen LogP contribution is -2.53. The predicted molar refractivity (Wildman–Crippen MR) is 111 cm³/mol.